The predicted molar refractivity (Wildman–Crippen MR) is 91.4 cm³/mol. The van der Waals surface area contributed by atoms with Crippen molar-refractivity contribution in [3.63, 3.8) is 0 Å². The summed E-state index contributed by atoms with van der Waals surface area (Å²) in [6, 6.07) is 2.02. The van der Waals surface area contributed by atoms with Crippen molar-refractivity contribution in [1.29, 1.82) is 0 Å². The molecule has 15 heteroatoms. The number of carbonyl (C=O) groups is 1. The number of hydrogen-bond acceptors (Lipinski definition) is 5. The molecule has 0 fully saturated rings. The van der Waals surface area contributed by atoms with Crippen LogP contribution in [0.15, 0.2) is 30.7 Å². The molecule has 158 valence electrons. The van der Waals surface area contributed by atoms with Gasteiger partial charge in [-0.1, -0.05) is 23.2 Å². The Morgan fingerprint density at radius 2 is 1.73 bits per heavy atom. The van der Waals surface area contributed by atoms with Gasteiger partial charge in [-0.3, -0.25) is 10.1 Å². The summed E-state index contributed by atoms with van der Waals surface area (Å²) in [5, 5.41) is 4.86. The molecule has 0 aromatic carbocycles. The maximum Gasteiger partial charge on any atom is 0.433 e. The van der Waals surface area contributed by atoms with Crippen LogP contribution in [-0.4, -0.2) is 30.6 Å². The lowest BCUT2D eigenvalue weighted by Crippen LogP contribution is -2.16. The highest BCUT2D eigenvalue weighted by molar-refractivity contribution is 6.33. The van der Waals surface area contributed by atoms with Crippen molar-refractivity contribution in [3.8, 4) is 5.82 Å². The Morgan fingerprint density at radius 3 is 2.30 bits per heavy atom. The molecule has 0 unspecified atom stereocenters. The van der Waals surface area contributed by atoms with Crippen LogP contribution in [-0.2, 0) is 12.4 Å². The Bertz CT molecular complexity index is 1110. The molecule has 30 heavy (non-hydrogen) atoms. The molecular formula is C15H6Cl2F6N6O. The number of halogens is 8. The summed E-state index contributed by atoms with van der Waals surface area (Å²) >= 11 is 11.4. The Balaban J connectivity index is 1.80. The van der Waals surface area contributed by atoms with Crippen LogP contribution < -0.4 is 5.32 Å². The highest BCUT2D eigenvalue weighted by Gasteiger charge is 2.34. The molecule has 3 aromatic heterocycles. The molecule has 3 heterocycles. The maximum atomic E-state index is 12.7. The van der Waals surface area contributed by atoms with Crippen LogP contribution in [0, 0.1) is 0 Å². The van der Waals surface area contributed by atoms with E-state index in [-0.39, 0.29) is 22.4 Å². The Morgan fingerprint density at radius 1 is 1.03 bits per heavy atom. The van der Waals surface area contributed by atoms with Crippen molar-refractivity contribution in [3.05, 3.63) is 57.7 Å². The minimum absolute atomic E-state index is 0.202. The number of alkyl halides is 6. The minimum atomic E-state index is -4.74. The number of rotatable bonds is 3. The van der Waals surface area contributed by atoms with E-state index in [0.717, 1.165) is 17.1 Å². The van der Waals surface area contributed by atoms with Crippen LogP contribution in [0.25, 0.3) is 5.82 Å². The van der Waals surface area contributed by atoms with E-state index in [0.29, 0.717) is 18.3 Å². The van der Waals surface area contributed by atoms with E-state index in [1.807, 2.05) is 0 Å². The van der Waals surface area contributed by atoms with E-state index < -0.39 is 34.7 Å². The van der Waals surface area contributed by atoms with Gasteiger partial charge >= 0.3 is 12.4 Å². The first kappa shape index (κ1) is 21.8. The number of nitrogens with one attached hydrogen (secondary N) is 1. The molecule has 0 saturated heterocycles. The van der Waals surface area contributed by atoms with Gasteiger partial charge in [0.2, 0.25) is 5.95 Å². The summed E-state index contributed by atoms with van der Waals surface area (Å²) in [6.45, 7) is 0. The van der Waals surface area contributed by atoms with Gasteiger partial charge in [0, 0.05) is 6.20 Å². The van der Waals surface area contributed by atoms with Gasteiger partial charge in [0.05, 0.1) is 16.1 Å². The number of anilines is 1. The van der Waals surface area contributed by atoms with Crippen LogP contribution in [0.1, 0.15) is 21.6 Å². The fraction of sp³-hybridized carbons (Fsp3) is 0.133. The number of nitrogens with zero attached hydrogens (tertiary/aromatic N) is 5. The van der Waals surface area contributed by atoms with Crippen molar-refractivity contribution < 1.29 is 31.1 Å². The smallest absolute Gasteiger partial charge is 0.289 e. The molecule has 3 rings (SSSR count). The van der Waals surface area contributed by atoms with Crippen molar-refractivity contribution in [2.45, 2.75) is 12.4 Å². The van der Waals surface area contributed by atoms with Crippen molar-refractivity contribution >= 4 is 35.1 Å². The summed E-state index contributed by atoms with van der Waals surface area (Å²) in [6.07, 6.45) is -7.85. The van der Waals surface area contributed by atoms with Crippen LogP contribution in [0.2, 0.25) is 10.2 Å². The van der Waals surface area contributed by atoms with Gasteiger partial charge in [-0.2, -0.15) is 36.0 Å². The van der Waals surface area contributed by atoms with E-state index in [1.165, 1.54) is 0 Å². The molecule has 7 nitrogen and oxygen atoms in total. The van der Waals surface area contributed by atoms with E-state index >= 15 is 0 Å². The van der Waals surface area contributed by atoms with Crippen LogP contribution in [0.4, 0.5) is 32.3 Å². The van der Waals surface area contributed by atoms with E-state index in [2.05, 4.69) is 25.4 Å². The first-order valence-electron chi connectivity index (χ1n) is 7.56. The number of aromatic nitrogens is 5. The highest BCUT2D eigenvalue weighted by Crippen LogP contribution is 2.32. The number of hydrogen-bond donors (Lipinski definition) is 1. The lowest BCUT2D eigenvalue weighted by Gasteiger charge is -2.09. The third kappa shape index (κ3) is 4.62. The lowest BCUT2D eigenvalue weighted by atomic mass is 10.2. The van der Waals surface area contributed by atoms with Crippen LogP contribution >= 0.6 is 23.2 Å². The Hall–Kier alpha value is -2.93. The SMILES string of the molecule is O=C(Nc1ncn(-c2ncc(C(F)(F)F)cc2Cl)n1)c1ccc(C(F)(F)F)nc1Cl. The molecule has 0 bridgehead atoms. The second-order valence-electron chi connectivity index (χ2n) is 5.53. The zero-order chi connectivity index (χ0) is 22.3. The zero-order valence-corrected chi connectivity index (χ0v) is 15.6. The quantitative estimate of drug-likeness (QED) is 0.444. The average molecular weight is 471 g/mol. The third-order valence-corrected chi connectivity index (χ3v) is 4.03. The normalized spacial score (nSPS) is 12.1. The molecule has 0 spiro atoms. The molecule has 0 radical (unpaired) electrons. The molecule has 1 N–H and O–H groups in total. The standard InChI is InChI=1S/C15H6Cl2F6N6O/c16-8-3-6(14(18,19)20)4-24-11(8)29-5-25-13(28-29)27-12(30)7-1-2-9(15(21,22)23)26-10(7)17/h1-5H,(H,27,28,30). The fourth-order valence-electron chi connectivity index (χ4n) is 2.11. The second-order valence-corrected chi connectivity index (χ2v) is 6.29. The lowest BCUT2D eigenvalue weighted by molar-refractivity contribution is -0.141. The monoisotopic (exact) mass is 470 g/mol. The van der Waals surface area contributed by atoms with Gasteiger partial charge in [0.15, 0.2) is 5.82 Å². The molecule has 0 aliphatic rings. The topological polar surface area (TPSA) is 85.6 Å². The van der Waals surface area contributed by atoms with Gasteiger partial charge in [-0.05, 0) is 18.2 Å². The molecule has 3 aromatic rings. The van der Waals surface area contributed by atoms with Gasteiger partial charge in [-0.25, -0.2) is 9.97 Å². The summed E-state index contributed by atoms with van der Waals surface area (Å²) in [7, 11) is 0. The maximum absolute atomic E-state index is 12.7. The largest absolute Gasteiger partial charge is 0.433 e. The van der Waals surface area contributed by atoms with Gasteiger partial charge < -0.3 is 0 Å². The molecular weight excluding hydrogens is 465 g/mol. The highest BCUT2D eigenvalue weighted by atomic mass is 35.5. The zero-order valence-electron chi connectivity index (χ0n) is 14.1. The van der Waals surface area contributed by atoms with Crippen LogP contribution in [0.3, 0.4) is 0 Å². The summed E-state index contributed by atoms with van der Waals surface area (Å²) in [5.74, 6) is -1.51. The average Bonchev–Trinajstić information content (AvgIpc) is 3.08. The Kier molecular flexibility index (Phi) is 5.60. The number of carbonyl (C=O) groups excluding carboxylic acids is 1. The molecule has 0 aliphatic heterocycles. The first-order valence-corrected chi connectivity index (χ1v) is 8.31. The van der Waals surface area contributed by atoms with Crippen LogP contribution in [0.5, 0.6) is 0 Å². The number of pyridine rings is 2. The number of amides is 1. The van der Waals surface area contributed by atoms with Gasteiger partial charge in [-0.15, -0.1) is 5.10 Å². The van der Waals surface area contributed by atoms with Crippen molar-refractivity contribution in [1.82, 2.24) is 24.7 Å². The summed E-state index contributed by atoms with van der Waals surface area (Å²) in [4.78, 5) is 22.6. The first-order chi connectivity index (χ1) is 13.9. The molecule has 0 saturated carbocycles. The predicted octanol–water partition coefficient (Wildman–Crippen LogP) is 4.65. The Labute approximate surface area is 172 Å². The molecule has 0 aliphatic carbocycles. The third-order valence-electron chi connectivity index (χ3n) is 3.47. The summed E-state index contributed by atoms with van der Waals surface area (Å²) in [5.41, 5.74) is -2.74. The minimum Gasteiger partial charge on any atom is -0.289 e. The summed E-state index contributed by atoms with van der Waals surface area (Å²) < 4.78 is 76.7. The van der Waals surface area contributed by atoms with E-state index in [1.54, 1.807) is 0 Å². The molecule has 0 atom stereocenters. The van der Waals surface area contributed by atoms with E-state index in [9.17, 15) is 31.1 Å². The van der Waals surface area contributed by atoms with Gasteiger partial charge in [0.25, 0.3) is 5.91 Å². The molecule has 1 amide bonds. The van der Waals surface area contributed by atoms with Crippen molar-refractivity contribution in [2.75, 3.05) is 5.32 Å². The van der Waals surface area contributed by atoms with Crippen molar-refractivity contribution in [2.24, 2.45) is 0 Å². The second kappa shape index (κ2) is 7.72. The van der Waals surface area contributed by atoms with Gasteiger partial charge in [0.1, 0.15) is 17.2 Å². The fourth-order valence-corrected chi connectivity index (χ4v) is 2.60. The van der Waals surface area contributed by atoms with E-state index in [4.69, 9.17) is 23.2 Å².